The third kappa shape index (κ3) is 4.10. The smallest absolute Gasteiger partial charge is 0.254 e. The Morgan fingerprint density at radius 3 is 2.63 bits per heavy atom. The van der Waals surface area contributed by atoms with Crippen LogP contribution in [0.5, 0.6) is 5.75 Å². The lowest BCUT2D eigenvalue weighted by atomic mass is 10.1. The van der Waals surface area contributed by atoms with Crippen molar-refractivity contribution in [2.45, 2.75) is 0 Å². The number of benzene rings is 1. The predicted molar refractivity (Wildman–Crippen MR) is 64.9 cm³/mol. The van der Waals surface area contributed by atoms with Crippen LogP contribution in [0, 0.1) is 17.5 Å². The number of phenolic OH excluding ortho intramolecular Hbond substituents is 1. The predicted octanol–water partition coefficient (Wildman–Crippen LogP) is 1.95. The Labute approximate surface area is 115 Å². The van der Waals surface area contributed by atoms with Gasteiger partial charge in [0.15, 0.2) is 17.4 Å². The Morgan fingerprint density at radius 1 is 1.32 bits per heavy atom. The third-order valence-electron chi connectivity index (χ3n) is 2.13. The fraction of sp³-hybridized carbons (Fsp3) is 0.364. The first-order valence-corrected chi connectivity index (χ1v) is 6.39. The topological polar surface area (TPSA) is 58.6 Å². The van der Waals surface area contributed by atoms with Crippen LogP contribution in [-0.2, 0) is 4.74 Å². The lowest BCUT2D eigenvalue weighted by Gasteiger charge is -2.08. The summed E-state index contributed by atoms with van der Waals surface area (Å²) in [4.78, 5) is 11.5. The maximum absolute atomic E-state index is 13.4. The summed E-state index contributed by atoms with van der Waals surface area (Å²) in [5, 5.41) is 11.8. The van der Waals surface area contributed by atoms with Gasteiger partial charge in [-0.2, -0.15) is 4.39 Å². The van der Waals surface area contributed by atoms with Gasteiger partial charge in [0, 0.05) is 11.9 Å². The molecule has 1 amide bonds. The van der Waals surface area contributed by atoms with Crippen LogP contribution in [0.25, 0.3) is 0 Å². The van der Waals surface area contributed by atoms with E-state index in [0.29, 0.717) is 18.0 Å². The summed E-state index contributed by atoms with van der Waals surface area (Å²) in [6.45, 7) is 0.704. The van der Waals surface area contributed by atoms with Gasteiger partial charge in [-0.15, -0.1) is 0 Å². The molecular weight excluding hydrogens is 331 g/mol. The molecule has 0 unspecified atom stereocenters. The molecule has 0 aliphatic heterocycles. The average Bonchev–Trinajstić information content (AvgIpc) is 2.40. The summed E-state index contributed by atoms with van der Waals surface area (Å²) >= 11 is 3.13. The molecule has 2 N–H and O–H groups in total. The Morgan fingerprint density at radius 2 is 2.00 bits per heavy atom. The van der Waals surface area contributed by atoms with Crippen LogP contribution < -0.4 is 5.32 Å². The highest BCUT2D eigenvalue weighted by Gasteiger charge is 2.22. The van der Waals surface area contributed by atoms with Crippen LogP contribution in [-0.4, -0.2) is 36.1 Å². The molecule has 106 valence electrons. The van der Waals surface area contributed by atoms with Crippen LogP contribution in [0.1, 0.15) is 10.4 Å². The molecule has 8 heteroatoms. The van der Waals surface area contributed by atoms with E-state index in [1.54, 1.807) is 0 Å². The van der Waals surface area contributed by atoms with Crippen molar-refractivity contribution < 1.29 is 27.8 Å². The zero-order valence-electron chi connectivity index (χ0n) is 9.68. The van der Waals surface area contributed by atoms with Gasteiger partial charge in [0.1, 0.15) is 0 Å². The summed E-state index contributed by atoms with van der Waals surface area (Å²) in [5.41, 5.74) is -0.767. The largest absolute Gasteiger partial charge is 0.503 e. The normalized spacial score (nSPS) is 10.5. The fourth-order valence-corrected chi connectivity index (χ4v) is 1.47. The van der Waals surface area contributed by atoms with Gasteiger partial charge in [-0.05, 0) is 6.07 Å². The standard InChI is InChI=1S/C11H11BrF3NO3/c12-1-3-19-4-2-16-11(18)6-5-7(13)9(15)10(17)8(6)14/h5,17H,1-4H2,(H,16,18). The molecule has 0 atom stereocenters. The number of halogens is 4. The number of hydrogen-bond donors (Lipinski definition) is 2. The number of amides is 1. The average molecular weight is 342 g/mol. The van der Waals surface area contributed by atoms with Crippen molar-refractivity contribution in [1.29, 1.82) is 0 Å². The van der Waals surface area contributed by atoms with Gasteiger partial charge in [0.2, 0.25) is 5.82 Å². The molecule has 0 aromatic heterocycles. The van der Waals surface area contributed by atoms with Gasteiger partial charge in [0.05, 0.1) is 18.8 Å². The van der Waals surface area contributed by atoms with Crippen LogP contribution in [0.4, 0.5) is 13.2 Å². The molecule has 0 aliphatic rings. The van der Waals surface area contributed by atoms with Gasteiger partial charge in [-0.1, -0.05) is 15.9 Å². The molecule has 19 heavy (non-hydrogen) atoms. The minimum Gasteiger partial charge on any atom is -0.503 e. The van der Waals surface area contributed by atoms with Crippen molar-refractivity contribution >= 4 is 21.8 Å². The summed E-state index contributed by atoms with van der Waals surface area (Å²) in [5.74, 6) is -7.21. The Kier molecular flexibility index (Phi) is 6.10. The molecule has 1 rings (SSSR count). The SMILES string of the molecule is O=C(NCCOCCBr)c1cc(F)c(F)c(O)c1F. The van der Waals surface area contributed by atoms with Gasteiger partial charge < -0.3 is 15.2 Å². The van der Waals surface area contributed by atoms with E-state index >= 15 is 0 Å². The molecule has 1 aromatic carbocycles. The second-order valence-corrected chi connectivity index (χ2v) is 4.23. The van der Waals surface area contributed by atoms with Gasteiger partial charge in [-0.3, -0.25) is 4.79 Å². The highest BCUT2D eigenvalue weighted by atomic mass is 79.9. The number of nitrogens with one attached hydrogen (secondary N) is 1. The van der Waals surface area contributed by atoms with E-state index in [9.17, 15) is 18.0 Å². The molecule has 0 spiro atoms. The maximum Gasteiger partial charge on any atom is 0.254 e. The fourth-order valence-electron chi connectivity index (χ4n) is 1.24. The molecule has 0 saturated heterocycles. The Hall–Kier alpha value is -1.28. The summed E-state index contributed by atoms with van der Waals surface area (Å²) in [6.07, 6.45) is 0. The molecule has 0 heterocycles. The van der Waals surface area contributed by atoms with Crippen LogP contribution >= 0.6 is 15.9 Å². The number of carbonyl (C=O) groups is 1. The minimum absolute atomic E-state index is 0.0744. The quantitative estimate of drug-likeness (QED) is 0.472. The van der Waals surface area contributed by atoms with Gasteiger partial charge in [-0.25, -0.2) is 8.78 Å². The molecule has 0 radical (unpaired) electrons. The van der Waals surface area contributed by atoms with Crippen molar-refractivity contribution in [2.75, 3.05) is 25.1 Å². The van der Waals surface area contributed by atoms with E-state index in [1.165, 1.54) is 0 Å². The third-order valence-corrected chi connectivity index (χ3v) is 2.45. The van der Waals surface area contributed by atoms with E-state index in [-0.39, 0.29) is 13.2 Å². The van der Waals surface area contributed by atoms with Gasteiger partial charge in [0.25, 0.3) is 5.91 Å². The number of phenols is 1. The van der Waals surface area contributed by atoms with E-state index in [0.717, 1.165) is 0 Å². The zero-order chi connectivity index (χ0) is 14.4. The monoisotopic (exact) mass is 341 g/mol. The first-order valence-electron chi connectivity index (χ1n) is 5.27. The number of alkyl halides is 1. The highest BCUT2D eigenvalue weighted by molar-refractivity contribution is 9.09. The zero-order valence-corrected chi connectivity index (χ0v) is 11.3. The molecule has 4 nitrogen and oxygen atoms in total. The summed E-state index contributed by atoms with van der Waals surface area (Å²) in [6, 6.07) is 0.388. The number of carbonyl (C=O) groups excluding carboxylic acids is 1. The van der Waals surface area contributed by atoms with Crippen molar-refractivity contribution in [1.82, 2.24) is 5.32 Å². The Bertz CT molecular complexity index is 471. The van der Waals surface area contributed by atoms with E-state index in [2.05, 4.69) is 21.2 Å². The first kappa shape index (κ1) is 15.8. The summed E-state index contributed by atoms with van der Waals surface area (Å²) < 4.78 is 44.2. The lowest BCUT2D eigenvalue weighted by Crippen LogP contribution is -2.28. The number of rotatable bonds is 6. The van der Waals surface area contributed by atoms with Crippen LogP contribution in [0.3, 0.4) is 0 Å². The first-order chi connectivity index (χ1) is 8.99. The Balaban J connectivity index is 2.67. The van der Waals surface area contributed by atoms with Crippen LogP contribution in [0.15, 0.2) is 6.07 Å². The molecule has 0 saturated carbocycles. The minimum atomic E-state index is -1.73. The van der Waals surface area contributed by atoms with Crippen molar-refractivity contribution in [3.8, 4) is 5.75 Å². The van der Waals surface area contributed by atoms with E-state index in [4.69, 9.17) is 9.84 Å². The van der Waals surface area contributed by atoms with E-state index in [1.807, 2.05) is 0 Å². The second-order valence-electron chi connectivity index (χ2n) is 3.44. The summed E-state index contributed by atoms with van der Waals surface area (Å²) in [7, 11) is 0. The van der Waals surface area contributed by atoms with Crippen LogP contribution in [0.2, 0.25) is 0 Å². The lowest BCUT2D eigenvalue weighted by molar-refractivity contribution is 0.0918. The molecule has 0 aliphatic carbocycles. The van der Waals surface area contributed by atoms with Crippen molar-refractivity contribution in [2.24, 2.45) is 0 Å². The van der Waals surface area contributed by atoms with Gasteiger partial charge >= 0.3 is 0 Å². The van der Waals surface area contributed by atoms with Crippen molar-refractivity contribution in [3.63, 3.8) is 0 Å². The second kappa shape index (κ2) is 7.34. The highest BCUT2D eigenvalue weighted by Crippen LogP contribution is 2.25. The number of ether oxygens (including phenoxy) is 1. The van der Waals surface area contributed by atoms with Crippen molar-refractivity contribution in [3.05, 3.63) is 29.1 Å². The molecular formula is C11H11BrF3NO3. The molecule has 0 fully saturated rings. The number of aromatic hydroxyl groups is 1. The maximum atomic E-state index is 13.4. The molecule has 1 aromatic rings. The van der Waals surface area contributed by atoms with E-state index < -0.39 is 34.7 Å². The number of hydrogen-bond acceptors (Lipinski definition) is 3. The molecule has 0 bridgehead atoms.